The molecule has 0 spiro atoms. The highest BCUT2D eigenvalue weighted by molar-refractivity contribution is 5.75. The molecule has 0 atom stereocenters. The molecule has 0 aliphatic heterocycles. The molecule has 1 rings (SSSR count). The van der Waals surface area contributed by atoms with Gasteiger partial charge >= 0.3 is 0 Å². The highest BCUT2D eigenvalue weighted by Gasteiger charge is 2.00. The molecule has 0 aliphatic carbocycles. The lowest BCUT2D eigenvalue weighted by Gasteiger charge is -2.04. The first kappa shape index (κ1) is 9.73. The topological polar surface area (TPSA) is 72.9 Å². The molecule has 0 fully saturated rings. The molecule has 1 heterocycles. The second-order valence-corrected chi connectivity index (χ2v) is 2.70. The molecule has 1 amide bonds. The molecule has 0 aromatic carbocycles. The Morgan fingerprint density at radius 3 is 3.15 bits per heavy atom. The van der Waals surface area contributed by atoms with Gasteiger partial charge in [-0.25, -0.2) is 4.98 Å². The Kier molecular flexibility index (Phi) is 3.45. The van der Waals surface area contributed by atoms with Crippen LogP contribution in [-0.2, 0) is 17.9 Å². The van der Waals surface area contributed by atoms with Crippen LogP contribution in [0.4, 0.5) is 0 Å². The number of hydrogen-bond acceptors (Lipinski definition) is 3. The second-order valence-electron chi connectivity index (χ2n) is 2.70. The van der Waals surface area contributed by atoms with Crippen LogP contribution in [0.5, 0.6) is 0 Å². The van der Waals surface area contributed by atoms with Gasteiger partial charge in [0.2, 0.25) is 5.91 Å². The monoisotopic (exact) mass is 182 g/mol. The Balaban J connectivity index is 2.40. The second kappa shape index (κ2) is 4.61. The molecular weight excluding hydrogens is 168 g/mol. The van der Waals surface area contributed by atoms with Crippen LogP contribution < -0.4 is 11.1 Å². The summed E-state index contributed by atoms with van der Waals surface area (Å²) in [6.07, 6.45) is 3.64. The largest absolute Gasteiger partial charge is 0.369 e. The van der Waals surface area contributed by atoms with E-state index in [1.807, 2.05) is 17.7 Å². The van der Waals surface area contributed by atoms with E-state index in [0.717, 1.165) is 12.4 Å². The van der Waals surface area contributed by atoms with Crippen molar-refractivity contribution in [2.24, 2.45) is 5.73 Å². The van der Waals surface area contributed by atoms with Crippen molar-refractivity contribution in [3.63, 3.8) is 0 Å². The Morgan fingerprint density at radius 2 is 2.54 bits per heavy atom. The predicted molar refractivity (Wildman–Crippen MR) is 48.8 cm³/mol. The molecule has 0 saturated carbocycles. The minimum absolute atomic E-state index is 0.191. The SMILES string of the molecule is CCn1ccnc1CNCC(N)=O. The van der Waals surface area contributed by atoms with Gasteiger partial charge in [-0.05, 0) is 6.92 Å². The van der Waals surface area contributed by atoms with Crippen molar-refractivity contribution in [3.05, 3.63) is 18.2 Å². The average molecular weight is 182 g/mol. The summed E-state index contributed by atoms with van der Waals surface area (Å²) in [5.41, 5.74) is 4.97. The molecular formula is C8H14N4O. The number of nitrogens with zero attached hydrogens (tertiary/aromatic N) is 2. The molecule has 3 N–H and O–H groups in total. The van der Waals surface area contributed by atoms with Crippen molar-refractivity contribution in [1.82, 2.24) is 14.9 Å². The molecule has 0 saturated heterocycles. The van der Waals surface area contributed by atoms with E-state index < -0.39 is 0 Å². The van der Waals surface area contributed by atoms with Crippen molar-refractivity contribution in [2.75, 3.05) is 6.54 Å². The van der Waals surface area contributed by atoms with E-state index in [4.69, 9.17) is 5.73 Å². The number of carbonyl (C=O) groups excluding carboxylic acids is 1. The zero-order valence-corrected chi connectivity index (χ0v) is 7.66. The van der Waals surface area contributed by atoms with E-state index >= 15 is 0 Å². The summed E-state index contributed by atoms with van der Waals surface area (Å²) in [6, 6.07) is 0. The third-order valence-corrected chi connectivity index (χ3v) is 1.72. The quantitative estimate of drug-likeness (QED) is 0.643. The van der Waals surface area contributed by atoms with Crippen molar-refractivity contribution in [1.29, 1.82) is 0 Å². The maximum Gasteiger partial charge on any atom is 0.231 e. The van der Waals surface area contributed by atoms with Gasteiger partial charge in [0.05, 0.1) is 13.1 Å². The van der Waals surface area contributed by atoms with Crippen molar-refractivity contribution in [2.45, 2.75) is 20.0 Å². The lowest BCUT2D eigenvalue weighted by molar-refractivity contribution is -0.117. The first-order valence-corrected chi connectivity index (χ1v) is 4.23. The summed E-state index contributed by atoms with van der Waals surface area (Å²) in [6.45, 7) is 3.69. The maximum atomic E-state index is 10.4. The number of rotatable bonds is 5. The molecule has 0 unspecified atom stereocenters. The van der Waals surface area contributed by atoms with E-state index in [-0.39, 0.29) is 12.5 Å². The van der Waals surface area contributed by atoms with Crippen molar-refractivity contribution >= 4 is 5.91 Å². The van der Waals surface area contributed by atoms with Crippen molar-refractivity contribution < 1.29 is 4.79 Å². The lowest BCUT2D eigenvalue weighted by atomic mass is 10.5. The number of aromatic nitrogens is 2. The van der Waals surface area contributed by atoms with Gasteiger partial charge in [0.15, 0.2) is 0 Å². The van der Waals surface area contributed by atoms with Crippen LogP contribution in [0.2, 0.25) is 0 Å². The summed E-state index contributed by atoms with van der Waals surface area (Å²) in [7, 11) is 0. The van der Waals surface area contributed by atoms with Gasteiger partial charge in [-0.2, -0.15) is 0 Å². The van der Waals surface area contributed by atoms with Gasteiger partial charge in [-0.1, -0.05) is 0 Å². The maximum absolute atomic E-state index is 10.4. The number of nitrogens with one attached hydrogen (secondary N) is 1. The lowest BCUT2D eigenvalue weighted by Crippen LogP contribution is -2.29. The van der Waals surface area contributed by atoms with E-state index in [0.29, 0.717) is 6.54 Å². The zero-order chi connectivity index (χ0) is 9.68. The van der Waals surface area contributed by atoms with Crippen LogP contribution in [0.25, 0.3) is 0 Å². The Morgan fingerprint density at radius 1 is 1.77 bits per heavy atom. The molecule has 72 valence electrons. The molecule has 5 heteroatoms. The summed E-state index contributed by atoms with van der Waals surface area (Å²) in [4.78, 5) is 14.5. The van der Waals surface area contributed by atoms with Gasteiger partial charge in [-0.15, -0.1) is 0 Å². The number of primary amides is 1. The van der Waals surface area contributed by atoms with Crippen LogP contribution in [0.1, 0.15) is 12.7 Å². The first-order valence-electron chi connectivity index (χ1n) is 4.23. The smallest absolute Gasteiger partial charge is 0.231 e. The Bertz CT molecular complexity index is 281. The third-order valence-electron chi connectivity index (χ3n) is 1.72. The average Bonchev–Trinajstić information content (AvgIpc) is 2.51. The van der Waals surface area contributed by atoms with E-state index in [2.05, 4.69) is 10.3 Å². The molecule has 5 nitrogen and oxygen atoms in total. The minimum atomic E-state index is -0.352. The first-order chi connectivity index (χ1) is 6.24. The third kappa shape index (κ3) is 2.87. The van der Waals surface area contributed by atoms with E-state index in [9.17, 15) is 4.79 Å². The summed E-state index contributed by atoms with van der Waals surface area (Å²) >= 11 is 0. The van der Waals surface area contributed by atoms with Gasteiger partial charge in [-0.3, -0.25) is 4.79 Å². The molecule has 13 heavy (non-hydrogen) atoms. The summed E-state index contributed by atoms with van der Waals surface area (Å²) in [5, 5.41) is 2.90. The van der Waals surface area contributed by atoms with Gasteiger partial charge < -0.3 is 15.6 Å². The van der Waals surface area contributed by atoms with Crippen molar-refractivity contribution in [3.8, 4) is 0 Å². The zero-order valence-electron chi connectivity index (χ0n) is 7.66. The number of nitrogens with two attached hydrogens (primary N) is 1. The predicted octanol–water partition coefficient (Wildman–Crippen LogP) is -0.522. The molecule has 1 aromatic rings. The fourth-order valence-corrected chi connectivity index (χ4v) is 1.09. The van der Waals surface area contributed by atoms with Gasteiger partial charge in [0, 0.05) is 18.9 Å². The number of hydrogen-bond donors (Lipinski definition) is 2. The molecule has 0 bridgehead atoms. The highest BCUT2D eigenvalue weighted by Crippen LogP contribution is 1.95. The van der Waals surface area contributed by atoms with Gasteiger partial charge in [0.1, 0.15) is 5.82 Å². The number of carbonyl (C=O) groups is 1. The van der Waals surface area contributed by atoms with Crippen LogP contribution in [0.15, 0.2) is 12.4 Å². The summed E-state index contributed by atoms with van der Waals surface area (Å²) in [5.74, 6) is 0.568. The highest BCUT2D eigenvalue weighted by atomic mass is 16.1. The van der Waals surface area contributed by atoms with Crippen LogP contribution >= 0.6 is 0 Å². The Hall–Kier alpha value is -1.36. The fraction of sp³-hybridized carbons (Fsp3) is 0.500. The van der Waals surface area contributed by atoms with E-state index in [1.54, 1.807) is 6.20 Å². The summed E-state index contributed by atoms with van der Waals surface area (Å²) < 4.78 is 2.01. The van der Waals surface area contributed by atoms with Crippen LogP contribution in [0.3, 0.4) is 0 Å². The van der Waals surface area contributed by atoms with E-state index in [1.165, 1.54) is 0 Å². The number of amides is 1. The molecule has 1 aromatic heterocycles. The minimum Gasteiger partial charge on any atom is -0.369 e. The molecule has 0 aliphatic rings. The number of imidazole rings is 1. The molecule has 0 radical (unpaired) electrons. The van der Waals surface area contributed by atoms with Crippen LogP contribution in [0, 0.1) is 0 Å². The van der Waals surface area contributed by atoms with Crippen LogP contribution in [-0.4, -0.2) is 22.0 Å². The Labute approximate surface area is 76.9 Å². The normalized spacial score (nSPS) is 10.2. The fourth-order valence-electron chi connectivity index (χ4n) is 1.09. The standard InChI is InChI=1S/C8H14N4O/c1-2-12-4-3-11-8(12)6-10-5-7(9)13/h3-4,10H,2,5-6H2,1H3,(H2,9,13). The number of aryl methyl sites for hydroxylation is 1. The van der Waals surface area contributed by atoms with Gasteiger partial charge in [0.25, 0.3) is 0 Å².